The lowest BCUT2D eigenvalue weighted by atomic mass is 9.68. The van der Waals surface area contributed by atoms with Gasteiger partial charge in [0.2, 0.25) is 11.6 Å². The van der Waals surface area contributed by atoms with Crippen molar-refractivity contribution in [2.45, 2.75) is 71.3 Å². The number of carbonyl (C=O) groups is 5. The Bertz CT molecular complexity index is 1490. The van der Waals surface area contributed by atoms with E-state index in [1.54, 1.807) is 33.8 Å². The normalized spacial score (nSPS) is 30.0. The van der Waals surface area contributed by atoms with E-state index in [0.29, 0.717) is 29.9 Å². The molecule has 0 radical (unpaired) electrons. The van der Waals surface area contributed by atoms with Crippen LogP contribution in [0.3, 0.4) is 0 Å². The zero-order valence-electron chi connectivity index (χ0n) is 25.9. The lowest BCUT2D eigenvalue weighted by Crippen LogP contribution is -2.73. The molecule has 0 aromatic heterocycles. The van der Waals surface area contributed by atoms with E-state index in [4.69, 9.17) is 18.9 Å². The quantitative estimate of drug-likeness (QED) is 0.243. The molecule has 230 valence electrons. The summed E-state index contributed by atoms with van der Waals surface area (Å²) in [5.41, 5.74) is 1.99. The second kappa shape index (κ2) is 11.4. The standard InChI is InChI=1S/C32H38N2O9/c1-9-14(3)32(39)43-13-20-21-17(25(35)15(4)29(40-7)27(21)37)11-18-24-22-23(26(36)16(5)30(41-8)28(22)38)31(42-10-2)19(33(24)6)12-34(18)20/h9,18-20,24,31H,10-13H2,1-8H3/b14-9-/t18-,19+,20+,24+,31+/m1/s1. The van der Waals surface area contributed by atoms with E-state index in [1.165, 1.54) is 14.2 Å². The average molecular weight is 595 g/mol. The number of Topliss-reactive ketones (excluding diaryl/α,β-unsaturated/α-hetero) is 4. The van der Waals surface area contributed by atoms with Gasteiger partial charge in [-0.1, -0.05) is 6.08 Å². The number of carbonyl (C=O) groups excluding carboxylic acids is 5. The van der Waals surface area contributed by atoms with Crippen LogP contribution in [0.4, 0.5) is 0 Å². The van der Waals surface area contributed by atoms with Gasteiger partial charge in [-0.3, -0.25) is 29.0 Å². The first-order chi connectivity index (χ1) is 20.4. The van der Waals surface area contributed by atoms with Crippen LogP contribution in [0.2, 0.25) is 0 Å². The zero-order chi connectivity index (χ0) is 31.5. The highest BCUT2D eigenvalue weighted by atomic mass is 16.5. The van der Waals surface area contributed by atoms with E-state index in [1.807, 2.05) is 23.8 Å². The number of fused-ring (bicyclic) bond motifs is 5. The van der Waals surface area contributed by atoms with Crippen molar-refractivity contribution in [1.82, 2.24) is 9.80 Å². The van der Waals surface area contributed by atoms with E-state index in [-0.39, 0.29) is 64.4 Å². The minimum Gasteiger partial charge on any atom is -0.492 e. The highest BCUT2D eigenvalue weighted by molar-refractivity contribution is 6.26. The maximum Gasteiger partial charge on any atom is 0.333 e. The number of hydrogen-bond donors (Lipinski definition) is 0. The summed E-state index contributed by atoms with van der Waals surface area (Å²) in [5.74, 6) is -2.03. The summed E-state index contributed by atoms with van der Waals surface area (Å²) in [7, 11) is 4.59. The Kier molecular flexibility index (Phi) is 8.19. The highest BCUT2D eigenvalue weighted by Gasteiger charge is 2.59. The number of esters is 1. The van der Waals surface area contributed by atoms with Crippen molar-refractivity contribution in [3.63, 3.8) is 0 Å². The first-order valence-corrected chi connectivity index (χ1v) is 14.5. The molecule has 0 saturated carbocycles. The topological polar surface area (TPSA) is 129 Å². The summed E-state index contributed by atoms with van der Waals surface area (Å²) < 4.78 is 22.7. The van der Waals surface area contributed by atoms with Crippen LogP contribution in [-0.4, -0.2) is 110 Å². The molecule has 1 fully saturated rings. The summed E-state index contributed by atoms with van der Waals surface area (Å²) >= 11 is 0. The molecular weight excluding hydrogens is 556 g/mol. The minimum atomic E-state index is -0.797. The number of methoxy groups -OCH3 is 2. The van der Waals surface area contributed by atoms with E-state index < -0.39 is 41.8 Å². The Morgan fingerprint density at radius 2 is 1.51 bits per heavy atom. The van der Waals surface area contributed by atoms with Crippen molar-refractivity contribution in [2.24, 2.45) is 0 Å². The third kappa shape index (κ3) is 4.47. The van der Waals surface area contributed by atoms with Crippen LogP contribution in [0.15, 0.2) is 56.6 Å². The van der Waals surface area contributed by atoms with Gasteiger partial charge < -0.3 is 18.9 Å². The predicted molar refractivity (Wildman–Crippen MR) is 154 cm³/mol. The van der Waals surface area contributed by atoms with E-state index >= 15 is 0 Å². The van der Waals surface area contributed by atoms with Crippen LogP contribution in [0.25, 0.3) is 0 Å². The highest BCUT2D eigenvalue weighted by Crippen LogP contribution is 2.47. The number of allylic oxidation sites excluding steroid dienone is 5. The number of hydrogen-bond acceptors (Lipinski definition) is 11. The molecule has 11 nitrogen and oxygen atoms in total. The zero-order valence-corrected chi connectivity index (χ0v) is 25.9. The van der Waals surface area contributed by atoms with Gasteiger partial charge in [-0.2, -0.15) is 0 Å². The van der Waals surface area contributed by atoms with Gasteiger partial charge in [0.25, 0.3) is 0 Å². The van der Waals surface area contributed by atoms with E-state index in [9.17, 15) is 24.0 Å². The molecule has 0 N–H and O–H groups in total. The molecule has 0 unspecified atom stereocenters. The predicted octanol–water partition coefficient (Wildman–Crippen LogP) is 1.78. The molecular formula is C32H38N2O9. The van der Waals surface area contributed by atoms with Crippen LogP contribution in [-0.2, 0) is 42.9 Å². The molecule has 0 amide bonds. The van der Waals surface area contributed by atoms with Crippen LogP contribution in [0.5, 0.6) is 0 Å². The number of nitrogens with zero attached hydrogens (tertiary/aromatic N) is 2. The molecule has 43 heavy (non-hydrogen) atoms. The SMILES string of the molecule is C/C=C(/C)C(=O)OC[C@H]1C2=C(C[C@@H]3[C@H]4C5=C(C(=O)C(C)=C(OC)C5=O)[C@@H](OCC)[C@H](CN31)N4C)C(=O)C(C)=C(OC)C2=O. The molecule has 0 aromatic carbocycles. The van der Waals surface area contributed by atoms with Crippen LogP contribution in [0, 0.1) is 0 Å². The number of ether oxygens (including phenoxy) is 4. The molecule has 0 spiro atoms. The second-order valence-electron chi connectivity index (χ2n) is 11.5. The molecule has 1 saturated heterocycles. The van der Waals surface area contributed by atoms with Gasteiger partial charge in [-0.05, 0) is 48.1 Å². The Balaban J connectivity index is 1.69. The fourth-order valence-electron chi connectivity index (χ4n) is 7.29. The molecule has 2 bridgehead atoms. The second-order valence-corrected chi connectivity index (χ2v) is 11.5. The van der Waals surface area contributed by atoms with Crippen LogP contribution in [0.1, 0.15) is 41.0 Å². The minimum absolute atomic E-state index is 0.0153. The maximum absolute atomic E-state index is 14.0. The molecule has 5 aliphatic rings. The third-order valence-electron chi connectivity index (χ3n) is 9.51. The fourth-order valence-corrected chi connectivity index (χ4v) is 7.29. The molecule has 11 heteroatoms. The van der Waals surface area contributed by atoms with Gasteiger partial charge in [-0.15, -0.1) is 0 Å². The molecule has 0 aromatic rings. The summed E-state index contributed by atoms with van der Waals surface area (Å²) in [6.07, 6.45) is 1.06. The van der Waals surface area contributed by atoms with Crippen molar-refractivity contribution in [2.75, 3.05) is 41.0 Å². The summed E-state index contributed by atoms with van der Waals surface area (Å²) in [6.45, 7) is 8.75. The first kappa shape index (κ1) is 30.8. The Morgan fingerprint density at radius 3 is 2.09 bits per heavy atom. The lowest BCUT2D eigenvalue weighted by molar-refractivity contribution is -0.144. The van der Waals surface area contributed by atoms with Gasteiger partial charge >= 0.3 is 5.97 Å². The monoisotopic (exact) mass is 594 g/mol. The van der Waals surface area contributed by atoms with Crippen molar-refractivity contribution < 1.29 is 42.9 Å². The lowest BCUT2D eigenvalue weighted by Gasteiger charge is -2.59. The average Bonchev–Trinajstić information content (AvgIpc) is 2.98. The Hall–Kier alpha value is -3.67. The Morgan fingerprint density at radius 1 is 0.907 bits per heavy atom. The number of likely N-dealkylation sites (N-methyl/N-ethyl adjacent to an activating group) is 1. The van der Waals surface area contributed by atoms with Crippen molar-refractivity contribution in [1.29, 1.82) is 0 Å². The van der Waals surface area contributed by atoms with Gasteiger partial charge in [0, 0.05) is 58.2 Å². The van der Waals surface area contributed by atoms with Gasteiger partial charge in [-0.25, -0.2) is 4.79 Å². The largest absolute Gasteiger partial charge is 0.492 e. The van der Waals surface area contributed by atoms with Crippen molar-refractivity contribution in [3.05, 3.63) is 56.6 Å². The molecule has 2 aliphatic carbocycles. The van der Waals surface area contributed by atoms with Gasteiger partial charge in [0.1, 0.15) is 12.7 Å². The summed E-state index contributed by atoms with van der Waals surface area (Å²) in [5, 5.41) is 0. The van der Waals surface area contributed by atoms with E-state index in [2.05, 4.69) is 0 Å². The summed E-state index contributed by atoms with van der Waals surface area (Å²) in [4.78, 5) is 72.2. The van der Waals surface area contributed by atoms with Gasteiger partial charge in [0.05, 0.1) is 32.3 Å². The number of ketones is 4. The van der Waals surface area contributed by atoms with Crippen molar-refractivity contribution >= 4 is 29.1 Å². The molecule has 5 rings (SSSR count). The Labute approximate surface area is 250 Å². The van der Waals surface area contributed by atoms with E-state index in [0.717, 1.165) is 0 Å². The van der Waals surface area contributed by atoms with Crippen LogP contribution >= 0.6 is 0 Å². The van der Waals surface area contributed by atoms with Crippen LogP contribution < -0.4 is 0 Å². The fraction of sp³-hybridized carbons (Fsp3) is 0.531. The maximum atomic E-state index is 14.0. The smallest absolute Gasteiger partial charge is 0.333 e. The third-order valence-corrected chi connectivity index (χ3v) is 9.51. The number of piperazine rings is 1. The van der Waals surface area contributed by atoms with Crippen molar-refractivity contribution in [3.8, 4) is 0 Å². The van der Waals surface area contributed by atoms with Gasteiger partial charge in [0.15, 0.2) is 23.1 Å². The molecule has 3 aliphatic heterocycles. The molecule has 5 atom stereocenters. The molecule has 3 heterocycles. The summed E-state index contributed by atoms with van der Waals surface area (Å²) in [6, 6.07) is -2.30. The number of rotatable bonds is 7. The first-order valence-electron chi connectivity index (χ1n) is 14.5.